The quantitative estimate of drug-likeness (QED) is 0.771. The highest BCUT2D eigenvalue weighted by atomic mass is 16.4. The van der Waals surface area contributed by atoms with Gasteiger partial charge in [-0.3, -0.25) is 9.59 Å². The predicted molar refractivity (Wildman–Crippen MR) is 81.7 cm³/mol. The fraction of sp³-hybridized carbons (Fsp3) is 0.429. The summed E-state index contributed by atoms with van der Waals surface area (Å²) in [6.45, 7) is 3.21. The molecule has 0 atom stereocenters. The normalized spacial score (nSPS) is 10.6. The van der Waals surface area contributed by atoms with Crippen LogP contribution in [0.4, 0.5) is 5.69 Å². The number of fused-ring (bicyclic) bond motifs is 1. The summed E-state index contributed by atoms with van der Waals surface area (Å²) in [5.74, 6) is -0.969. The molecule has 0 aliphatic carbocycles. The third-order valence-corrected chi connectivity index (χ3v) is 3.41. The number of likely N-dealkylation sites (N-methyl/N-ethyl adjacent to an activating group) is 1. The lowest BCUT2D eigenvalue weighted by molar-refractivity contribution is -0.136. The van der Waals surface area contributed by atoms with Crippen molar-refractivity contribution in [3.63, 3.8) is 0 Å². The summed E-state index contributed by atoms with van der Waals surface area (Å²) in [5.41, 5.74) is 2.33. The molecule has 22 heavy (non-hydrogen) atoms. The molecule has 0 unspecified atom stereocenters. The van der Waals surface area contributed by atoms with Crippen molar-refractivity contribution in [2.45, 2.75) is 19.9 Å². The molecule has 2 aromatic rings. The maximum atomic E-state index is 11.4. The van der Waals surface area contributed by atoms with Crippen molar-refractivity contribution in [1.82, 2.24) is 20.3 Å². The average molecular weight is 305 g/mol. The zero-order chi connectivity index (χ0) is 16.1. The number of carboxylic acid groups (broad SMARTS) is 1. The smallest absolute Gasteiger partial charge is 0.305 e. The number of anilines is 1. The lowest BCUT2D eigenvalue weighted by Crippen LogP contribution is -2.25. The Balaban J connectivity index is 2.23. The standard InChI is InChI=1S/C14H19N5O3/c1-3-18(7-6-14(21)22)10-4-5-12-11(8-10)16-17-19(12)9-13(20)15-2/h4-5,8H,3,6-7,9H2,1-2H3,(H,15,20)(H,21,22). The van der Waals surface area contributed by atoms with Crippen molar-refractivity contribution in [3.8, 4) is 0 Å². The Bertz CT molecular complexity index is 682. The third-order valence-electron chi connectivity index (χ3n) is 3.41. The van der Waals surface area contributed by atoms with Crippen LogP contribution in [-0.4, -0.2) is 52.1 Å². The van der Waals surface area contributed by atoms with Gasteiger partial charge in [0.25, 0.3) is 0 Å². The van der Waals surface area contributed by atoms with E-state index >= 15 is 0 Å². The number of nitrogens with zero attached hydrogens (tertiary/aromatic N) is 4. The summed E-state index contributed by atoms with van der Waals surface area (Å²) in [7, 11) is 1.57. The zero-order valence-electron chi connectivity index (χ0n) is 12.6. The van der Waals surface area contributed by atoms with E-state index in [4.69, 9.17) is 5.11 Å². The van der Waals surface area contributed by atoms with Crippen LogP contribution in [0.5, 0.6) is 0 Å². The lowest BCUT2D eigenvalue weighted by Gasteiger charge is -2.22. The van der Waals surface area contributed by atoms with E-state index in [1.807, 2.05) is 30.0 Å². The first kappa shape index (κ1) is 15.7. The van der Waals surface area contributed by atoms with Crippen molar-refractivity contribution in [2.24, 2.45) is 0 Å². The second-order valence-corrected chi connectivity index (χ2v) is 4.82. The highest BCUT2D eigenvalue weighted by Crippen LogP contribution is 2.20. The largest absolute Gasteiger partial charge is 0.481 e. The Morgan fingerprint density at radius 1 is 1.41 bits per heavy atom. The molecule has 0 radical (unpaired) electrons. The van der Waals surface area contributed by atoms with Crippen molar-refractivity contribution >= 4 is 28.6 Å². The molecular weight excluding hydrogens is 286 g/mol. The van der Waals surface area contributed by atoms with Gasteiger partial charge in [-0.1, -0.05) is 5.21 Å². The minimum absolute atomic E-state index is 0.0786. The number of carbonyl (C=O) groups excluding carboxylic acids is 1. The maximum Gasteiger partial charge on any atom is 0.305 e. The molecular formula is C14H19N5O3. The molecule has 0 saturated carbocycles. The molecule has 1 aromatic carbocycles. The van der Waals surface area contributed by atoms with Gasteiger partial charge in [0, 0.05) is 25.8 Å². The molecule has 118 valence electrons. The van der Waals surface area contributed by atoms with E-state index in [-0.39, 0.29) is 18.9 Å². The lowest BCUT2D eigenvalue weighted by atomic mass is 10.2. The van der Waals surface area contributed by atoms with Crippen LogP contribution in [0, 0.1) is 0 Å². The van der Waals surface area contributed by atoms with Crippen LogP contribution in [0.15, 0.2) is 18.2 Å². The summed E-state index contributed by atoms with van der Waals surface area (Å²) in [4.78, 5) is 24.1. The van der Waals surface area contributed by atoms with Crippen LogP contribution in [0.2, 0.25) is 0 Å². The Kier molecular flexibility index (Phi) is 4.92. The molecule has 0 saturated heterocycles. The molecule has 8 nitrogen and oxygen atoms in total. The number of carboxylic acids is 1. The van der Waals surface area contributed by atoms with Crippen molar-refractivity contribution in [2.75, 3.05) is 25.0 Å². The summed E-state index contributed by atoms with van der Waals surface area (Å²) < 4.78 is 1.53. The van der Waals surface area contributed by atoms with Gasteiger partial charge >= 0.3 is 5.97 Å². The van der Waals surface area contributed by atoms with E-state index in [1.165, 1.54) is 4.68 Å². The van der Waals surface area contributed by atoms with Crippen molar-refractivity contribution in [1.29, 1.82) is 0 Å². The first-order chi connectivity index (χ1) is 10.5. The summed E-state index contributed by atoms with van der Waals surface area (Å²) in [5, 5.41) is 19.4. The van der Waals surface area contributed by atoms with Gasteiger partial charge in [-0.25, -0.2) is 4.68 Å². The van der Waals surface area contributed by atoms with Gasteiger partial charge in [-0.15, -0.1) is 5.10 Å². The number of aliphatic carboxylic acids is 1. The SMILES string of the molecule is CCN(CCC(=O)O)c1ccc2c(c1)nnn2CC(=O)NC. The van der Waals surface area contributed by atoms with Crippen LogP contribution in [0.3, 0.4) is 0 Å². The first-order valence-electron chi connectivity index (χ1n) is 7.05. The predicted octanol–water partition coefficient (Wildman–Crippen LogP) is 0.478. The maximum absolute atomic E-state index is 11.4. The van der Waals surface area contributed by atoms with Gasteiger partial charge in [0.15, 0.2) is 0 Å². The average Bonchev–Trinajstić information content (AvgIpc) is 2.90. The van der Waals surface area contributed by atoms with E-state index in [0.717, 1.165) is 11.2 Å². The van der Waals surface area contributed by atoms with Gasteiger partial charge in [0.05, 0.1) is 11.9 Å². The molecule has 1 amide bonds. The number of hydrogen-bond donors (Lipinski definition) is 2. The number of rotatable bonds is 7. The van der Waals surface area contributed by atoms with E-state index in [1.54, 1.807) is 7.05 Å². The number of nitrogens with one attached hydrogen (secondary N) is 1. The number of amides is 1. The minimum Gasteiger partial charge on any atom is -0.481 e. The van der Waals surface area contributed by atoms with Crippen molar-refractivity contribution < 1.29 is 14.7 Å². The van der Waals surface area contributed by atoms with Gasteiger partial charge in [-0.2, -0.15) is 0 Å². The molecule has 1 aromatic heterocycles. The van der Waals surface area contributed by atoms with Crippen LogP contribution in [0.25, 0.3) is 11.0 Å². The monoisotopic (exact) mass is 305 g/mol. The number of benzene rings is 1. The second-order valence-electron chi connectivity index (χ2n) is 4.82. The number of carbonyl (C=O) groups is 2. The summed E-state index contributed by atoms with van der Waals surface area (Å²) >= 11 is 0. The van der Waals surface area contributed by atoms with Crippen LogP contribution in [-0.2, 0) is 16.1 Å². The molecule has 0 fully saturated rings. The Morgan fingerprint density at radius 3 is 2.82 bits per heavy atom. The fourth-order valence-electron chi connectivity index (χ4n) is 2.19. The Hall–Kier alpha value is -2.64. The van der Waals surface area contributed by atoms with E-state index in [2.05, 4.69) is 15.6 Å². The summed E-state index contributed by atoms with van der Waals surface area (Å²) in [6, 6.07) is 5.59. The highest BCUT2D eigenvalue weighted by molar-refractivity contribution is 5.82. The molecule has 0 aliphatic rings. The van der Waals surface area contributed by atoms with E-state index in [0.29, 0.717) is 18.6 Å². The molecule has 2 rings (SSSR count). The van der Waals surface area contributed by atoms with Gasteiger partial charge in [0.1, 0.15) is 12.1 Å². The molecule has 1 heterocycles. The number of aromatic nitrogens is 3. The first-order valence-corrected chi connectivity index (χ1v) is 7.05. The molecule has 8 heteroatoms. The Morgan fingerprint density at radius 2 is 2.18 bits per heavy atom. The fourth-order valence-corrected chi connectivity index (χ4v) is 2.19. The third kappa shape index (κ3) is 3.51. The summed E-state index contributed by atoms with van der Waals surface area (Å²) in [6.07, 6.45) is 0.0786. The van der Waals surface area contributed by atoms with Crippen molar-refractivity contribution in [3.05, 3.63) is 18.2 Å². The van der Waals surface area contributed by atoms with Crippen LogP contribution in [0.1, 0.15) is 13.3 Å². The molecule has 0 aliphatic heterocycles. The molecule has 0 spiro atoms. The second kappa shape index (κ2) is 6.88. The van der Waals surface area contributed by atoms with Gasteiger partial charge in [-0.05, 0) is 25.1 Å². The zero-order valence-corrected chi connectivity index (χ0v) is 12.6. The van der Waals surface area contributed by atoms with Crippen LogP contribution < -0.4 is 10.2 Å². The van der Waals surface area contributed by atoms with E-state index in [9.17, 15) is 9.59 Å². The molecule has 2 N–H and O–H groups in total. The van der Waals surface area contributed by atoms with Crippen LogP contribution >= 0.6 is 0 Å². The minimum atomic E-state index is -0.823. The van der Waals surface area contributed by atoms with Gasteiger partial charge < -0.3 is 15.3 Å². The highest BCUT2D eigenvalue weighted by Gasteiger charge is 2.11. The Labute approximate surface area is 127 Å². The number of hydrogen-bond acceptors (Lipinski definition) is 5. The topological polar surface area (TPSA) is 100 Å². The molecule has 0 bridgehead atoms. The van der Waals surface area contributed by atoms with E-state index < -0.39 is 5.97 Å². The van der Waals surface area contributed by atoms with Gasteiger partial charge in [0.2, 0.25) is 5.91 Å².